The lowest BCUT2D eigenvalue weighted by Gasteiger charge is -2.24. The van der Waals surface area contributed by atoms with Crippen molar-refractivity contribution in [3.63, 3.8) is 0 Å². The number of aromatic amines is 1. The highest BCUT2D eigenvalue weighted by Gasteiger charge is 2.38. The van der Waals surface area contributed by atoms with Crippen LogP contribution in [-0.2, 0) is 0 Å². The fourth-order valence-corrected chi connectivity index (χ4v) is 4.14. The smallest absolute Gasteiger partial charge is 0.333 e. The van der Waals surface area contributed by atoms with Gasteiger partial charge in [-0.05, 0) is 32.6 Å². The number of pyridine rings is 1. The molecule has 0 radical (unpaired) electrons. The highest BCUT2D eigenvalue weighted by atomic mass is 19.1. The fourth-order valence-electron chi connectivity index (χ4n) is 4.14. The highest BCUT2D eigenvalue weighted by molar-refractivity contribution is 5.72. The number of nitrogens with one attached hydrogen (secondary N) is 1. The standard InChI is InChI=1S/C18H22F2N4O2/c1-8-15(23-5-11(9(2)21)12(19)6-23)13(20)7-24-16(8)14(10-3-4-10)17(25)22-18(24)26/h7,9-12H,3-6,21H2,1-2H3,(H,22,25,26). The van der Waals surface area contributed by atoms with Crippen molar-refractivity contribution in [2.24, 2.45) is 11.7 Å². The summed E-state index contributed by atoms with van der Waals surface area (Å²) < 4.78 is 30.4. The molecule has 2 aromatic rings. The van der Waals surface area contributed by atoms with E-state index in [1.165, 1.54) is 0 Å². The molecule has 2 aromatic heterocycles. The van der Waals surface area contributed by atoms with Gasteiger partial charge in [-0.25, -0.2) is 13.6 Å². The van der Waals surface area contributed by atoms with Crippen molar-refractivity contribution in [2.45, 2.75) is 44.8 Å². The van der Waals surface area contributed by atoms with Gasteiger partial charge in [0.15, 0.2) is 5.82 Å². The molecule has 0 amide bonds. The summed E-state index contributed by atoms with van der Waals surface area (Å²) in [4.78, 5) is 28.4. The number of nitrogens with two attached hydrogens (primary N) is 1. The molecule has 8 heteroatoms. The third-order valence-electron chi connectivity index (χ3n) is 5.63. The predicted octanol–water partition coefficient (Wildman–Crippen LogP) is 1.43. The van der Waals surface area contributed by atoms with Crippen LogP contribution in [-0.4, -0.2) is 34.7 Å². The summed E-state index contributed by atoms with van der Waals surface area (Å²) >= 11 is 0. The third kappa shape index (κ3) is 2.55. The second-order valence-electron chi connectivity index (χ2n) is 7.56. The van der Waals surface area contributed by atoms with Gasteiger partial charge in [0, 0.05) is 36.2 Å². The third-order valence-corrected chi connectivity index (χ3v) is 5.63. The van der Waals surface area contributed by atoms with Crippen LogP contribution in [0.1, 0.15) is 36.8 Å². The van der Waals surface area contributed by atoms with Gasteiger partial charge in [0.25, 0.3) is 5.56 Å². The Morgan fingerprint density at radius 2 is 2.00 bits per heavy atom. The zero-order valence-electron chi connectivity index (χ0n) is 14.8. The molecular formula is C18H22F2N4O2. The van der Waals surface area contributed by atoms with Crippen molar-refractivity contribution in [3.8, 4) is 0 Å². The molecule has 26 heavy (non-hydrogen) atoms. The number of fused-ring (bicyclic) bond motifs is 1. The molecule has 4 rings (SSSR count). The number of aromatic nitrogens is 2. The number of nitrogens with zero attached hydrogens (tertiary/aromatic N) is 2. The van der Waals surface area contributed by atoms with Crippen LogP contribution in [0.2, 0.25) is 0 Å². The average Bonchev–Trinajstić information content (AvgIpc) is 3.31. The van der Waals surface area contributed by atoms with Gasteiger partial charge in [-0.1, -0.05) is 0 Å². The number of hydrogen-bond donors (Lipinski definition) is 2. The molecule has 1 saturated heterocycles. The number of alkyl halides is 1. The molecule has 1 aliphatic carbocycles. The number of aryl methyl sites for hydroxylation is 1. The summed E-state index contributed by atoms with van der Waals surface area (Å²) in [5, 5.41) is 0. The molecule has 140 valence electrons. The SMILES string of the molecule is Cc1c(N2CC(F)C(C(C)N)C2)c(F)cn2c(=O)[nH]c(=O)c(C3CC3)c12. The number of anilines is 1. The first-order valence-electron chi connectivity index (χ1n) is 8.91. The molecular weight excluding hydrogens is 342 g/mol. The lowest BCUT2D eigenvalue weighted by atomic mass is 10.00. The summed E-state index contributed by atoms with van der Waals surface area (Å²) in [5.74, 6) is -0.909. The van der Waals surface area contributed by atoms with Crippen LogP contribution in [0.5, 0.6) is 0 Å². The lowest BCUT2D eigenvalue weighted by molar-refractivity contribution is 0.259. The monoisotopic (exact) mass is 364 g/mol. The van der Waals surface area contributed by atoms with Crippen LogP contribution in [0.15, 0.2) is 15.8 Å². The van der Waals surface area contributed by atoms with Crippen LogP contribution in [0.3, 0.4) is 0 Å². The van der Waals surface area contributed by atoms with E-state index in [1.54, 1.807) is 18.7 Å². The van der Waals surface area contributed by atoms with E-state index >= 15 is 0 Å². The predicted molar refractivity (Wildman–Crippen MR) is 95.2 cm³/mol. The molecule has 1 aliphatic heterocycles. The molecule has 2 aliphatic rings. The molecule has 1 saturated carbocycles. The molecule has 2 fully saturated rings. The maximum absolute atomic E-state index is 14.9. The van der Waals surface area contributed by atoms with Crippen LogP contribution in [0, 0.1) is 18.7 Å². The topological polar surface area (TPSA) is 83.6 Å². The van der Waals surface area contributed by atoms with Gasteiger partial charge in [-0.2, -0.15) is 0 Å². The maximum atomic E-state index is 14.9. The molecule has 3 atom stereocenters. The summed E-state index contributed by atoms with van der Waals surface area (Å²) in [6, 6.07) is -0.341. The largest absolute Gasteiger partial charge is 0.365 e. The first-order valence-corrected chi connectivity index (χ1v) is 8.91. The molecule has 0 bridgehead atoms. The highest BCUT2D eigenvalue weighted by Crippen LogP contribution is 2.42. The second kappa shape index (κ2) is 5.90. The van der Waals surface area contributed by atoms with Crippen LogP contribution in [0.25, 0.3) is 5.52 Å². The maximum Gasteiger partial charge on any atom is 0.333 e. The van der Waals surface area contributed by atoms with E-state index in [1.807, 2.05) is 0 Å². The van der Waals surface area contributed by atoms with E-state index in [0.717, 1.165) is 23.4 Å². The van der Waals surface area contributed by atoms with Gasteiger partial charge in [-0.3, -0.25) is 14.2 Å². The van der Waals surface area contributed by atoms with E-state index < -0.39 is 23.2 Å². The Balaban J connectivity index is 1.93. The van der Waals surface area contributed by atoms with Crippen molar-refractivity contribution < 1.29 is 8.78 Å². The quantitative estimate of drug-likeness (QED) is 0.863. The van der Waals surface area contributed by atoms with E-state index in [2.05, 4.69) is 4.98 Å². The van der Waals surface area contributed by atoms with Crippen LogP contribution >= 0.6 is 0 Å². The zero-order chi connectivity index (χ0) is 18.7. The minimum Gasteiger partial charge on any atom is -0.365 e. The van der Waals surface area contributed by atoms with E-state index in [9.17, 15) is 18.4 Å². The van der Waals surface area contributed by atoms with E-state index in [4.69, 9.17) is 5.73 Å². The van der Waals surface area contributed by atoms with Gasteiger partial charge in [-0.15, -0.1) is 0 Å². The molecule has 0 aromatic carbocycles. The van der Waals surface area contributed by atoms with Gasteiger partial charge in [0.2, 0.25) is 0 Å². The molecule has 6 nitrogen and oxygen atoms in total. The van der Waals surface area contributed by atoms with Crippen molar-refractivity contribution in [1.29, 1.82) is 0 Å². The van der Waals surface area contributed by atoms with Gasteiger partial charge in [0.1, 0.15) is 6.17 Å². The average molecular weight is 364 g/mol. The Morgan fingerprint density at radius 3 is 2.58 bits per heavy atom. The summed E-state index contributed by atoms with van der Waals surface area (Å²) in [5.41, 5.74) is 6.47. The van der Waals surface area contributed by atoms with Crippen LogP contribution < -0.4 is 21.9 Å². The van der Waals surface area contributed by atoms with Gasteiger partial charge < -0.3 is 10.6 Å². The Bertz CT molecular complexity index is 993. The number of H-pyrrole nitrogens is 1. The van der Waals surface area contributed by atoms with E-state index in [-0.39, 0.29) is 30.1 Å². The number of hydrogen-bond acceptors (Lipinski definition) is 4. The minimum atomic E-state index is -1.14. The second-order valence-corrected chi connectivity index (χ2v) is 7.56. The van der Waals surface area contributed by atoms with Gasteiger partial charge >= 0.3 is 5.69 Å². The zero-order valence-corrected chi connectivity index (χ0v) is 14.8. The Kier molecular flexibility index (Phi) is 3.91. The summed E-state index contributed by atoms with van der Waals surface area (Å²) in [6.45, 7) is 3.78. The van der Waals surface area contributed by atoms with Crippen molar-refractivity contribution >= 4 is 11.2 Å². The summed E-state index contributed by atoms with van der Waals surface area (Å²) in [7, 11) is 0. The van der Waals surface area contributed by atoms with Crippen molar-refractivity contribution in [2.75, 3.05) is 18.0 Å². The Morgan fingerprint density at radius 1 is 1.31 bits per heavy atom. The molecule has 0 spiro atoms. The lowest BCUT2D eigenvalue weighted by Crippen LogP contribution is -2.33. The van der Waals surface area contributed by atoms with Crippen molar-refractivity contribution in [1.82, 2.24) is 9.38 Å². The van der Waals surface area contributed by atoms with Gasteiger partial charge in [0.05, 0.1) is 17.4 Å². The molecule has 3 heterocycles. The first-order chi connectivity index (χ1) is 12.3. The number of rotatable bonds is 3. The summed E-state index contributed by atoms with van der Waals surface area (Å²) in [6.07, 6.45) is 1.68. The van der Waals surface area contributed by atoms with Crippen molar-refractivity contribution in [3.05, 3.63) is 44.0 Å². The van der Waals surface area contributed by atoms with Crippen LogP contribution in [0.4, 0.5) is 14.5 Å². The number of halogens is 2. The molecule has 3 unspecified atom stereocenters. The minimum absolute atomic E-state index is 0.0479. The fraction of sp³-hybridized carbons (Fsp3) is 0.556. The Labute approximate surface area is 148 Å². The normalized spacial score (nSPS) is 24.4. The Hall–Kier alpha value is -2.22. The molecule has 3 N–H and O–H groups in total. The van der Waals surface area contributed by atoms with E-state index in [0.29, 0.717) is 23.2 Å². The first kappa shape index (κ1) is 17.2.